The van der Waals surface area contributed by atoms with Crippen LogP contribution in [0.25, 0.3) is 10.2 Å². The lowest BCUT2D eigenvalue weighted by Gasteiger charge is -2.09. The van der Waals surface area contributed by atoms with Gasteiger partial charge in [0.25, 0.3) is 0 Å². The van der Waals surface area contributed by atoms with Crippen LogP contribution >= 0.6 is 23.1 Å². The first kappa shape index (κ1) is 16.2. The molecule has 0 saturated heterocycles. The Hall–Kier alpha value is -1.21. The first-order valence-corrected chi connectivity index (χ1v) is 8.38. The Labute approximate surface area is 130 Å². The summed E-state index contributed by atoms with van der Waals surface area (Å²) >= 11 is 2.63. The third-order valence-corrected chi connectivity index (χ3v) is 5.31. The van der Waals surface area contributed by atoms with Gasteiger partial charge in [0.15, 0.2) is 17.4 Å². The highest BCUT2D eigenvalue weighted by atomic mass is 32.2. The summed E-state index contributed by atoms with van der Waals surface area (Å²) in [5.74, 6) is -2.07. The predicted molar refractivity (Wildman–Crippen MR) is 85.6 cm³/mol. The summed E-state index contributed by atoms with van der Waals surface area (Å²) in [5, 5.41) is 10.6. The number of fused-ring (bicyclic) bond motifs is 1. The molecule has 0 fully saturated rings. The van der Waals surface area contributed by atoms with Crippen LogP contribution in [-0.4, -0.2) is 26.4 Å². The van der Waals surface area contributed by atoms with E-state index in [1.165, 1.54) is 0 Å². The van der Waals surface area contributed by atoms with Gasteiger partial charge in [-0.1, -0.05) is 13.8 Å². The Bertz CT molecular complexity index is 711. The van der Waals surface area contributed by atoms with Crippen LogP contribution in [0.4, 0.5) is 8.78 Å². The summed E-state index contributed by atoms with van der Waals surface area (Å²) in [4.78, 5) is 8.71. The van der Waals surface area contributed by atoms with E-state index in [1.807, 2.05) is 27.7 Å². The molecule has 0 spiro atoms. The minimum absolute atomic E-state index is 0.155. The Kier molecular flexibility index (Phi) is 4.53. The standard InChI is InChI=1S/C12H10F2N2OS2.C2H6/c1-12(2)4-18-11(16-12)10-15-6-3-5(13)8(17)7(14)9(6)19-10;1-2/h3,17H,4H2,1-2H3;1-2H3. The number of hydrogen-bond acceptors (Lipinski definition) is 5. The minimum Gasteiger partial charge on any atom is -0.503 e. The predicted octanol–water partition coefficient (Wildman–Crippen LogP) is 4.58. The van der Waals surface area contributed by atoms with Gasteiger partial charge in [-0.15, -0.1) is 23.1 Å². The molecular weight excluding hydrogens is 314 g/mol. The first-order valence-electron chi connectivity index (χ1n) is 6.58. The van der Waals surface area contributed by atoms with Gasteiger partial charge in [-0.05, 0) is 13.8 Å². The van der Waals surface area contributed by atoms with E-state index in [9.17, 15) is 13.9 Å². The average Bonchev–Trinajstić information content (AvgIpc) is 3.02. The third kappa shape index (κ3) is 3.03. The number of aromatic nitrogens is 1. The van der Waals surface area contributed by atoms with Crippen molar-refractivity contribution in [3.63, 3.8) is 0 Å². The number of thiazole rings is 1. The Morgan fingerprint density at radius 2 is 1.95 bits per heavy atom. The highest BCUT2D eigenvalue weighted by Gasteiger charge is 2.28. The topological polar surface area (TPSA) is 45.5 Å². The van der Waals surface area contributed by atoms with Gasteiger partial charge in [-0.25, -0.2) is 13.8 Å². The Morgan fingerprint density at radius 3 is 2.52 bits per heavy atom. The smallest absolute Gasteiger partial charge is 0.189 e. The van der Waals surface area contributed by atoms with Gasteiger partial charge in [-0.2, -0.15) is 0 Å². The van der Waals surface area contributed by atoms with E-state index in [-0.39, 0.29) is 15.8 Å². The number of nitrogens with zero attached hydrogens (tertiary/aromatic N) is 2. The summed E-state index contributed by atoms with van der Waals surface area (Å²) in [7, 11) is 0. The number of phenols is 1. The molecule has 0 radical (unpaired) electrons. The highest BCUT2D eigenvalue weighted by molar-refractivity contribution is 8.15. The zero-order chi connectivity index (χ0) is 15.8. The second-order valence-corrected chi connectivity index (χ2v) is 6.87. The maximum absolute atomic E-state index is 13.7. The maximum Gasteiger partial charge on any atom is 0.189 e. The van der Waals surface area contributed by atoms with Crippen molar-refractivity contribution in [1.82, 2.24) is 4.98 Å². The highest BCUT2D eigenvalue weighted by Crippen LogP contribution is 2.36. The molecule has 2 heterocycles. The number of rotatable bonds is 1. The lowest BCUT2D eigenvalue weighted by atomic mass is 10.1. The van der Waals surface area contributed by atoms with Crippen molar-refractivity contribution in [3.05, 3.63) is 22.7 Å². The van der Waals surface area contributed by atoms with Crippen molar-refractivity contribution in [2.45, 2.75) is 33.2 Å². The molecule has 0 atom stereocenters. The number of benzene rings is 1. The molecule has 2 aromatic rings. The zero-order valence-electron chi connectivity index (χ0n) is 12.2. The fraction of sp³-hybridized carbons (Fsp3) is 0.429. The summed E-state index contributed by atoms with van der Waals surface area (Å²) in [5.41, 5.74) is 0.0462. The van der Waals surface area contributed by atoms with Gasteiger partial charge < -0.3 is 5.11 Å². The van der Waals surface area contributed by atoms with E-state index in [0.717, 1.165) is 28.2 Å². The molecule has 21 heavy (non-hydrogen) atoms. The normalized spacial score (nSPS) is 16.6. The van der Waals surface area contributed by atoms with E-state index in [1.54, 1.807) is 11.8 Å². The molecule has 7 heteroatoms. The minimum atomic E-state index is -0.997. The van der Waals surface area contributed by atoms with Crippen LogP contribution in [0.1, 0.15) is 32.7 Å². The number of thioether (sulfide) groups is 1. The van der Waals surface area contributed by atoms with Gasteiger partial charge in [0.1, 0.15) is 10.1 Å². The molecule has 1 aromatic heterocycles. The molecule has 0 unspecified atom stereocenters. The van der Waals surface area contributed by atoms with Crippen molar-refractivity contribution >= 4 is 38.4 Å². The van der Waals surface area contributed by atoms with Crippen LogP contribution < -0.4 is 0 Å². The second-order valence-electron chi connectivity index (χ2n) is 4.91. The van der Waals surface area contributed by atoms with Crippen molar-refractivity contribution < 1.29 is 13.9 Å². The lowest BCUT2D eigenvalue weighted by Crippen LogP contribution is -2.15. The van der Waals surface area contributed by atoms with Crippen molar-refractivity contribution in [3.8, 4) is 5.75 Å². The monoisotopic (exact) mass is 330 g/mol. The van der Waals surface area contributed by atoms with Gasteiger partial charge in [0.2, 0.25) is 0 Å². The van der Waals surface area contributed by atoms with Crippen LogP contribution in [-0.2, 0) is 0 Å². The molecule has 0 saturated carbocycles. The first-order chi connectivity index (χ1) is 9.87. The third-order valence-electron chi connectivity index (χ3n) is 2.70. The fourth-order valence-corrected chi connectivity index (χ4v) is 3.98. The molecular formula is C14H16F2N2OS2. The Morgan fingerprint density at radius 1 is 1.29 bits per heavy atom. The molecule has 3 rings (SSSR count). The number of hydrogen-bond donors (Lipinski definition) is 1. The molecule has 0 amide bonds. The fourth-order valence-electron chi connectivity index (χ4n) is 1.77. The van der Waals surface area contributed by atoms with E-state index < -0.39 is 17.4 Å². The zero-order valence-corrected chi connectivity index (χ0v) is 13.8. The van der Waals surface area contributed by atoms with Crippen molar-refractivity contribution in [2.75, 3.05) is 5.75 Å². The summed E-state index contributed by atoms with van der Waals surface area (Å²) in [6, 6.07) is 1.04. The van der Waals surface area contributed by atoms with Crippen LogP contribution in [0.2, 0.25) is 0 Å². The van der Waals surface area contributed by atoms with E-state index >= 15 is 0 Å². The summed E-state index contributed by atoms with van der Waals surface area (Å²) in [6.45, 7) is 8.01. The number of halogens is 2. The van der Waals surface area contributed by atoms with Gasteiger partial charge >= 0.3 is 0 Å². The number of phenolic OH excluding ortho intramolecular Hbond substituents is 1. The molecule has 3 nitrogen and oxygen atoms in total. The summed E-state index contributed by atoms with van der Waals surface area (Å²) < 4.78 is 27.2. The molecule has 1 aliphatic rings. The Balaban J connectivity index is 0.000000774. The molecule has 1 aromatic carbocycles. The lowest BCUT2D eigenvalue weighted by molar-refractivity contribution is 0.400. The quantitative estimate of drug-likeness (QED) is 0.832. The summed E-state index contributed by atoms with van der Waals surface area (Å²) in [6.07, 6.45) is 0. The van der Waals surface area contributed by atoms with Gasteiger partial charge in [0, 0.05) is 11.8 Å². The van der Waals surface area contributed by atoms with Crippen LogP contribution in [0, 0.1) is 11.6 Å². The van der Waals surface area contributed by atoms with E-state index in [2.05, 4.69) is 9.98 Å². The average molecular weight is 330 g/mol. The maximum atomic E-state index is 13.7. The molecule has 0 aliphatic carbocycles. The van der Waals surface area contributed by atoms with Crippen LogP contribution in [0.5, 0.6) is 5.75 Å². The van der Waals surface area contributed by atoms with Crippen molar-refractivity contribution in [2.24, 2.45) is 4.99 Å². The molecule has 114 valence electrons. The second kappa shape index (κ2) is 5.88. The number of aliphatic imine (C=N–C) groups is 1. The number of aromatic hydroxyl groups is 1. The molecule has 1 aliphatic heterocycles. The SMILES string of the molecule is CC.CC1(C)CSC(c2nc3cc(F)c(O)c(F)c3s2)=N1. The molecule has 0 bridgehead atoms. The largest absolute Gasteiger partial charge is 0.503 e. The van der Waals surface area contributed by atoms with Gasteiger partial charge in [0.05, 0.1) is 15.8 Å². The van der Waals surface area contributed by atoms with Gasteiger partial charge in [-0.3, -0.25) is 4.99 Å². The van der Waals surface area contributed by atoms with Crippen molar-refractivity contribution in [1.29, 1.82) is 0 Å². The van der Waals surface area contributed by atoms with E-state index in [0.29, 0.717) is 5.01 Å². The van der Waals surface area contributed by atoms with E-state index in [4.69, 9.17) is 0 Å². The molecule has 1 N–H and O–H groups in total. The van der Waals surface area contributed by atoms with Crippen LogP contribution in [0.3, 0.4) is 0 Å². The van der Waals surface area contributed by atoms with Crippen LogP contribution in [0.15, 0.2) is 11.1 Å².